The van der Waals surface area contributed by atoms with Crippen LogP contribution in [-0.2, 0) is 0 Å². The van der Waals surface area contributed by atoms with Gasteiger partial charge in [0.05, 0.1) is 30.3 Å². The van der Waals surface area contributed by atoms with Crippen LogP contribution < -0.4 is 9.47 Å². The number of phenols is 1. The molecule has 0 saturated heterocycles. The number of unbranched alkanes of at least 4 members (excludes halogenated alkanes) is 1. The Morgan fingerprint density at radius 2 is 1.44 bits per heavy atom. The monoisotopic (exact) mass is 436 g/mol. The van der Waals surface area contributed by atoms with Crippen molar-refractivity contribution >= 4 is 22.7 Å². The zero-order chi connectivity index (χ0) is 22.8. The summed E-state index contributed by atoms with van der Waals surface area (Å²) >= 11 is 0. The van der Waals surface area contributed by atoms with Crippen molar-refractivity contribution in [2.24, 2.45) is 20.5 Å². The Kier molecular flexibility index (Phi) is 8.25. The number of hydrogen-bond acceptors (Lipinski definition) is 7. The molecule has 7 nitrogen and oxygen atoms in total. The average molecular weight is 436 g/mol. The first kappa shape index (κ1) is 22.9. The van der Waals surface area contributed by atoms with Gasteiger partial charge in [-0.2, -0.15) is 15.3 Å². The standard InChI is InChI=1S/C24H25FN4O3/c1-3-5-14-32-24-13-9-18(15-21(24)25)28-29-22-12-8-19(16-23(22)30)27-26-17-6-10-20(11-7-17)31-4-2/h6-13,15-16,30H,3-5,14H2,1-2H3. The molecule has 32 heavy (non-hydrogen) atoms. The SMILES string of the molecule is CCCCOc1ccc(N=Nc2ccc(N=Nc3ccc(OCC)cc3)cc2O)cc1F. The fourth-order valence-electron chi connectivity index (χ4n) is 2.66. The van der Waals surface area contributed by atoms with Crippen LogP contribution in [0.3, 0.4) is 0 Å². The normalized spacial score (nSPS) is 11.3. The molecule has 3 aromatic carbocycles. The smallest absolute Gasteiger partial charge is 0.167 e. The molecule has 0 aromatic heterocycles. The number of aromatic hydroxyl groups is 1. The van der Waals surface area contributed by atoms with E-state index in [0.717, 1.165) is 18.6 Å². The van der Waals surface area contributed by atoms with Crippen LogP contribution in [0.4, 0.5) is 27.1 Å². The molecule has 0 fully saturated rings. The van der Waals surface area contributed by atoms with Gasteiger partial charge in [-0.05, 0) is 61.9 Å². The Bertz CT molecular complexity index is 1090. The molecule has 0 heterocycles. The second kappa shape index (κ2) is 11.5. The van der Waals surface area contributed by atoms with E-state index in [1.807, 2.05) is 26.0 Å². The lowest BCUT2D eigenvalue weighted by Gasteiger charge is -2.06. The number of hydrogen-bond donors (Lipinski definition) is 1. The first-order valence-corrected chi connectivity index (χ1v) is 10.4. The van der Waals surface area contributed by atoms with E-state index in [4.69, 9.17) is 9.47 Å². The molecule has 0 aliphatic carbocycles. The maximum absolute atomic E-state index is 14.1. The molecule has 0 saturated carbocycles. The predicted molar refractivity (Wildman–Crippen MR) is 121 cm³/mol. The number of benzene rings is 3. The minimum atomic E-state index is -0.508. The van der Waals surface area contributed by atoms with Crippen LogP contribution in [0.5, 0.6) is 17.2 Å². The maximum atomic E-state index is 14.1. The summed E-state index contributed by atoms with van der Waals surface area (Å²) in [5.74, 6) is 0.323. The molecule has 0 bridgehead atoms. The topological polar surface area (TPSA) is 88.1 Å². The predicted octanol–water partition coefficient (Wildman–Crippen LogP) is 7.94. The van der Waals surface area contributed by atoms with Gasteiger partial charge < -0.3 is 14.6 Å². The molecular formula is C24H25FN4O3. The highest BCUT2D eigenvalue weighted by molar-refractivity contribution is 5.58. The molecule has 1 N–H and O–H groups in total. The number of halogens is 1. The van der Waals surface area contributed by atoms with Crippen molar-refractivity contribution in [3.63, 3.8) is 0 Å². The van der Waals surface area contributed by atoms with Gasteiger partial charge in [0.15, 0.2) is 11.6 Å². The molecule has 0 spiro atoms. The minimum absolute atomic E-state index is 0.114. The summed E-state index contributed by atoms with van der Waals surface area (Å²) in [4.78, 5) is 0. The lowest BCUT2D eigenvalue weighted by molar-refractivity contribution is 0.294. The summed E-state index contributed by atoms with van der Waals surface area (Å²) in [6.45, 7) is 5.01. The van der Waals surface area contributed by atoms with Gasteiger partial charge in [-0.15, -0.1) is 5.11 Å². The van der Waals surface area contributed by atoms with E-state index >= 15 is 0 Å². The minimum Gasteiger partial charge on any atom is -0.506 e. The summed E-state index contributed by atoms with van der Waals surface area (Å²) in [6.07, 6.45) is 1.83. The van der Waals surface area contributed by atoms with Crippen LogP contribution in [0.1, 0.15) is 26.7 Å². The van der Waals surface area contributed by atoms with Crippen LogP contribution in [0.15, 0.2) is 81.1 Å². The molecule has 166 valence electrons. The molecule has 3 rings (SSSR count). The lowest BCUT2D eigenvalue weighted by Crippen LogP contribution is -1.98. The van der Waals surface area contributed by atoms with E-state index in [-0.39, 0.29) is 17.2 Å². The van der Waals surface area contributed by atoms with Gasteiger partial charge in [0.25, 0.3) is 0 Å². The van der Waals surface area contributed by atoms with E-state index in [0.29, 0.717) is 30.3 Å². The van der Waals surface area contributed by atoms with Crippen molar-refractivity contribution in [1.29, 1.82) is 0 Å². The molecule has 0 aliphatic rings. The van der Waals surface area contributed by atoms with Gasteiger partial charge in [-0.1, -0.05) is 13.3 Å². The number of rotatable bonds is 10. The highest BCUT2D eigenvalue weighted by Gasteiger charge is 2.06. The zero-order valence-electron chi connectivity index (χ0n) is 18.0. The third-order valence-electron chi connectivity index (χ3n) is 4.33. The van der Waals surface area contributed by atoms with E-state index < -0.39 is 5.82 Å². The summed E-state index contributed by atoms with van der Waals surface area (Å²) in [6, 6.07) is 16.2. The van der Waals surface area contributed by atoms with E-state index in [1.165, 1.54) is 18.2 Å². The Balaban J connectivity index is 1.64. The molecule has 0 unspecified atom stereocenters. The van der Waals surface area contributed by atoms with E-state index in [9.17, 15) is 9.50 Å². The van der Waals surface area contributed by atoms with Gasteiger partial charge in [-0.25, -0.2) is 4.39 Å². The van der Waals surface area contributed by atoms with Crippen LogP contribution >= 0.6 is 0 Å². The van der Waals surface area contributed by atoms with Crippen molar-refractivity contribution in [2.75, 3.05) is 13.2 Å². The quantitative estimate of drug-likeness (QED) is 0.258. The molecule has 0 aliphatic heterocycles. The number of phenolic OH excluding ortho intramolecular Hbond substituents is 1. The largest absolute Gasteiger partial charge is 0.506 e. The first-order valence-electron chi connectivity index (χ1n) is 10.4. The van der Waals surface area contributed by atoms with Gasteiger partial charge >= 0.3 is 0 Å². The van der Waals surface area contributed by atoms with Gasteiger partial charge in [0.1, 0.15) is 17.2 Å². The first-order chi connectivity index (χ1) is 15.6. The second-order valence-electron chi connectivity index (χ2n) is 6.82. The fraction of sp³-hybridized carbons (Fsp3) is 0.250. The number of nitrogens with zero attached hydrogens (tertiary/aromatic N) is 4. The molecule has 3 aromatic rings. The molecule has 0 atom stereocenters. The highest BCUT2D eigenvalue weighted by Crippen LogP contribution is 2.33. The summed E-state index contributed by atoms with van der Waals surface area (Å²) in [5.41, 5.74) is 1.65. The number of azo groups is 2. The van der Waals surface area contributed by atoms with E-state index in [2.05, 4.69) is 20.5 Å². The van der Waals surface area contributed by atoms with Gasteiger partial charge in [-0.3, -0.25) is 0 Å². The lowest BCUT2D eigenvalue weighted by atomic mass is 10.2. The molecule has 0 radical (unpaired) electrons. The van der Waals surface area contributed by atoms with Gasteiger partial charge in [0.2, 0.25) is 0 Å². The molecule has 0 amide bonds. The summed E-state index contributed by atoms with van der Waals surface area (Å²) < 4.78 is 24.9. The van der Waals surface area contributed by atoms with Crippen molar-refractivity contribution in [1.82, 2.24) is 0 Å². The third-order valence-corrected chi connectivity index (χ3v) is 4.33. The Morgan fingerprint density at radius 3 is 2.12 bits per heavy atom. The average Bonchev–Trinajstić information content (AvgIpc) is 2.79. The van der Waals surface area contributed by atoms with Crippen LogP contribution in [0.2, 0.25) is 0 Å². The second-order valence-corrected chi connectivity index (χ2v) is 6.82. The maximum Gasteiger partial charge on any atom is 0.167 e. The molecule has 8 heteroatoms. The Morgan fingerprint density at radius 1 is 0.781 bits per heavy atom. The Labute approximate surface area is 186 Å². The summed E-state index contributed by atoms with van der Waals surface area (Å²) in [7, 11) is 0. The van der Waals surface area contributed by atoms with E-state index in [1.54, 1.807) is 30.3 Å². The summed E-state index contributed by atoms with van der Waals surface area (Å²) in [5, 5.41) is 26.4. The van der Waals surface area contributed by atoms with Crippen LogP contribution in [0, 0.1) is 5.82 Å². The number of ether oxygens (including phenoxy) is 2. The van der Waals surface area contributed by atoms with Crippen LogP contribution in [0.25, 0.3) is 0 Å². The third kappa shape index (κ3) is 6.60. The van der Waals surface area contributed by atoms with Crippen molar-refractivity contribution in [3.05, 3.63) is 66.5 Å². The fourth-order valence-corrected chi connectivity index (χ4v) is 2.66. The van der Waals surface area contributed by atoms with Gasteiger partial charge in [0, 0.05) is 12.1 Å². The van der Waals surface area contributed by atoms with Crippen molar-refractivity contribution in [3.8, 4) is 17.2 Å². The van der Waals surface area contributed by atoms with Crippen molar-refractivity contribution < 1.29 is 19.0 Å². The van der Waals surface area contributed by atoms with Crippen LogP contribution in [-0.4, -0.2) is 18.3 Å². The van der Waals surface area contributed by atoms with Crippen molar-refractivity contribution in [2.45, 2.75) is 26.7 Å². The highest BCUT2D eigenvalue weighted by atomic mass is 19.1. The molecular weight excluding hydrogens is 411 g/mol. The zero-order valence-corrected chi connectivity index (χ0v) is 18.0. The Hall–Kier alpha value is -3.81.